The van der Waals surface area contributed by atoms with Crippen LogP contribution < -0.4 is 5.32 Å². The summed E-state index contributed by atoms with van der Waals surface area (Å²) in [5.74, 6) is -0.481. The zero-order chi connectivity index (χ0) is 13.0. The van der Waals surface area contributed by atoms with Crippen LogP contribution in [0, 0.1) is 0 Å². The number of nitrogens with one attached hydrogen (secondary N) is 1. The third-order valence-corrected chi connectivity index (χ3v) is 2.62. The van der Waals surface area contributed by atoms with E-state index >= 15 is 0 Å². The summed E-state index contributed by atoms with van der Waals surface area (Å²) in [7, 11) is 3.75. The molecule has 1 amide bonds. The second-order valence-corrected chi connectivity index (χ2v) is 4.40. The van der Waals surface area contributed by atoms with Crippen LogP contribution in [0.4, 0.5) is 0 Å². The van der Waals surface area contributed by atoms with E-state index in [1.54, 1.807) is 0 Å². The van der Waals surface area contributed by atoms with Gasteiger partial charge in [0.1, 0.15) is 18.3 Å². The predicted molar refractivity (Wildman–Crippen MR) is 59.3 cm³/mol. The van der Waals surface area contributed by atoms with Crippen molar-refractivity contribution in [1.29, 1.82) is 0 Å². The highest BCUT2D eigenvalue weighted by Crippen LogP contribution is 2.15. The molecule has 0 aromatic heterocycles. The Kier molecular flexibility index (Phi) is 5.29. The molecule has 1 aliphatic rings. The highest BCUT2D eigenvalue weighted by molar-refractivity contribution is 5.81. The smallest absolute Gasteiger partial charge is 0.252 e. The number of aliphatic hydroxyl groups is 3. The van der Waals surface area contributed by atoms with E-state index < -0.39 is 30.3 Å². The fourth-order valence-corrected chi connectivity index (χ4v) is 1.54. The average molecular weight is 248 g/mol. The van der Waals surface area contributed by atoms with Crippen molar-refractivity contribution < 1.29 is 24.9 Å². The first-order chi connectivity index (χ1) is 7.93. The van der Waals surface area contributed by atoms with Gasteiger partial charge >= 0.3 is 0 Å². The number of amides is 1. The molecule has 0 bridgehead atoms. The SMILES string of the molecule is CN(C)CCNC(=O)[C@H]1OC[C@@H](O)[C@H](O)[C@@H]1O. The van der Waals surface area contributed by atoms with Gasteiger partial charge in [0.05, 0.1) is 6.61 Å². The summed E-state index contributed by atoms with van der Waals surface area (Å²) in [5, 5.41) is 30.8. The zero-order valence-electron chi connectivity index (χ0n) is 10.0. The van der Waals surface area contributed by atoms with E-state index in [0.717, 1.165) is 0 Å². The predicted octanol–water partition coefficient (Wildman–Crippen LogP) is -2.85. The normalized spacial score (nSPS) is 33.8. The molecule has 0 saturated carbocycles. The molecular weight excluding hydrogens is 228 g/mol. The molecule has 0 aromatic rings. The lowest BCUT2D eigenvalue weighted by Gasteiger charge is -2.34. The van der Waals surface area contributed by atoms with Crippen molar-refractivity contribution in [2.75, 3.05) is 33.8 Å². The van der Waals surface area contributed by atoms with Gasteiger partial charge in [-0.25, -0.2) is 0 Å². The first kappa shape index (κ1) is 14.3. The van der Waals surface area contributed by atoms with E-state index in [0.29, 0.717) is 13.1 Å². The standard InChI is InChI=1S/C10H20N2O5/c1-12(2)4-3-11-10(16)9-8(15)7(14)6(13)5-17-9/h6-9,13-15H,3-5H2,1-2H3,(H,11,16)/t6-,7+,8+,9+/m1/s1. The molecule has 0 unspecified atom stereocenters. The van der Waals surface area contributed by atoms with Gasteiger partial charge in [-0.1, -0.05) is 0 Å². The number of carbonyl (C=O) groups excluding carboxylic acids is 1. The van der Waals surface area contributed by atoms with Crippen molar-refractivity contribution in [3.63, 3.8) is 0 Å². The van der Waals surface area contributed by atoms with Crippen LogP contribution in [0.1, 0.15) is 0 Å². The summed E-state index contributed by atoms with van der Waals surface area (Å²) in [5.41, 5.74) is 0. The van der Waals surface area contributed by atoms with Gasteiger partial charge in [0.2, 0.25) is 0 Å². The maximum Gasteiger partial charge on any atom is 0.252 e. The Hall–Kier alpha value is -0.730. The Bertz CT molecular complexity index is 261. The van der Waals surface area contributed by atoms with E-state index in [9.17, 15) is 20.1 Å². The van der Waals surface area contributed by atoms with Gasteiger partial charge in [-0.3, -0.25) is 4.79 Å². The molecule has 7 nitrogen and oxygen atoms in total. The fourth-order valence-electron chi connectivity index (χ4n) is 1.54. The Labute approximate surface area is 100.0 Å². The molecular formula is C10H20N2O5. The molecule has 0 spiro atoms. The van der Waals surface area contributed by atoms with Crippen LogP contribution in [-0.2, 0) is 9.53 Å². The summed E-state index contributed by atoms with van der Waals surface area (Å²) in [4.78, 5) is 13.5. The van der Waals surface area contributed by atoms with Crippen molar-refractivity contribution in [2.24, 2.45) is 0 Å². The molecule has 1 saturated heterocycles. The van der Waals surface area contributed by atoms with Crippen LogP contribution in [0.3, 0.4) is 0 Å². The lowest BCUT2D eigenvalue weighted by Crippen LogP contribution is -2.58. The molecule has 1 rings (SSSR count). The first-order valence-corrected chi connectivity index (χ1v) is 5.51. The quantitative estimate of drug-likeness (QED) is 0.427. The third kappa shape index (κ3) is 3.90. The van der Waals surface area contributed by atoms with Crippen LogP contribution in [0.25, 0.3) is 0 Å². The summed E-state index contributed by atoms with van der Waals surface area (Å²) >= 11 is 0. The van der Waals surface area contributed by atoms with Gasteiger partial charge in [-0.05, 0) is 14.1 Å². The van der Waals surface area contributed by atoms with E-state index in [-0.39, 0.29) is 6.61 Å². The van der Waals surface area contributed by atoms with Crippen LogP contribution in [0.2, 0.25) is 0 Å². The van der Waals surface area contributed by atoms with Crippen molar-refractivity contribution >= 4 is 5.91 Å². The highest BCUT2D eigenvalue weighted by atomic mass is 16.5. The Morgan fingerprint density at radius 3 is 2.59 bits per heavy atom. The summed E-state index contributed by atoms with van der Waals surface area (Å²) in [6.45, 7) is 0.931. The maximum absolute atomic E-state index is 11.6. The second kappa shape index (κ2) is 6.27. The monoisotopic (exact) mass is 248 g/mol. The summed E-state index contributed by atoms with van der Waals surface area (Å²) in [6, 6.07) is 0. The number of nitrogens with zero attached hydrogens (tertiary/aromatic N) is 1. The number of hydrogen-bond donors (Lipinski definition) is 4. The van der Waals surface area contributed by atoms with Gasteiger partial charge in [-0.2, -0.15) is 0 Å². The zero-order valence-corrected chi connectivity index (χ0v) is 10.0. The van der Waals surface area contributed by atoms with Crippen LogP contribution in [0.5, 0.6) is 0 Å². The lowest BCUT2D eigenvalue weighted by atomic mass is 9.99. The molecule has 0 radical (unpaired) electrons. The molecule has 0 aliphatic carbocycles. The molecule has 4 atom stereocenters. The average Bonchev–Trinajstić information content (AvgIpc) is 2.25. The molecule has 1 heterocycles. The van der Waals surface area contributed by atoms with E-state index in [1.165, 1.54) is 0 Å². The third-order valence-electron chi connectivity index (χ3n) is 2.62. The highest BCUT2D eigenvalue weighted by Gasteiger charge is 2.41. The first-order valence-electron chi connectivity index (χ1n) is 5.51. The van der Waals surface area contributed by atoms with Gasteiger partial charge < -0.3 is 30.3 Å². The number of ether oxygens (including phenoxy) is 1. The maximum atomic E-state index is 11.6. The van der Waals surface area contributed by atoms with Gasteiger partial charge in [0.25, 0.3) is 5.91 Å². The number of likely N-dealkylation sites (N-methyl/N-ethyl adjacent to an activating group) is 1. The lowest BCUT2D eigenvalue weighted by molar-refractivity contribution is -0.192. The number of aliphatic hydroxyl groups excluding tert-OH is 3. The second-order valence-electron chi connectivity index (χ2n) is 4.40. The summed E-state index contributed by atoms with van der Waals surface area (Å²) in [6.07, 6.45) is -5.04. The van der Waals surface area contributed by atoms with Crippen molar-refractivity contribution in [3.8, 4) is 0 Å². The van der Waals surface area contributed by atoms with E-state index in [2.05, 4.69) is 5.32 Å². The molecule has 0 aromatic carbocycles. The molecule has 4 N–H and O–H groups in total. The molecule has 7 heteroatoms. The largest absolute Gasteiger partial charge is 0.388 e. The van der Waals surface area contributed by atoms with Crippen LogP contribution in [0.15, 0.2) is 0 Å². The summed E-state index contributed by atoms with van der Waals surface area (Å²) < 4.78 is 5.01. The Morgan fingerprint density at radius 2 is 2.00 bits per heavy atom. The minimum Gasteiger partial charge on any atom is -0.388 e. The molecule has 1 aliphatic heterocycles. The van der Waals surface area contributed by atoms with Crippen LogP contribution in [-0.4, -0.2) is 84.3 Å². The van der Waals surface area contributed by atoms with Gasteiger partial charge in [0.15, 0.2) is 6.10 Å². The van der Waals surface area contributed by atoms with Crippen LogP contribution >= 0.6 is 0 Å². The number of rotatable bonds is 4. The van der Waals surface area contributed by atoms with Crippen molar-refractivity contribution in [1.82, 2.24) is 10.2 Å². The minimum absolute atomic E-state index is 0.163. The Balaban J connectivity index is 2.41. The van der Waals surface area contributed by atoms with Gasteiger partial charge in [0, 0.05) is 13.1 Å². The minimum atomic E-state index is -1.40. The molecule has 1 fully saturated rings. The van der Waals surface area contributed by atoms with E-state index in [4.69, 9.17) is 4.74 Å². The number of hydrogen-bond acceptors (Lipinski definition) is 6. The number of carbonyl (C=O) groups is 1. The topological polar surface area (TPSA) is 102 Å². The Morgan fingerprint density at radius 1 is 1.35 bits per heavy atom. The van der Waals surface area contributed by atoms with Crippen molar-refractivity contribution in [2.45, 2.75) is 24.4 Å². The fraction of sp³-hybridized carbons (Fsp3) is 0.900. The molecule has 17 heavy (non-hydrogen) atoms. The molecule has 100 valence electrons. The van der Waals surface area contributed by atoms with Gasteiger partial charge in [-0.15, -0.1) is 0 Å². The van der Waals surface area contributed by atoms with Crippen molar-refractivity contribution in [3.05, 3.63) is 0 Å². The van der Waals surface area contributed by atoms with E-state index in [1.807, 2.05) is 19.0 Å².